The Kier molecular flexibility index (Phi) is 15.3. The van der Waals surface area contributed by atoms with Crippen LogP contribution in [0.4, 0.5) is 105 Å². The number of hydrogen-bond acceptors (Lipinski definition) is 0. The number of alkyl halides is 24. The van der Waals surface area contributed by atoms with Crippen molar-refractivity contribution in [3.63, 3.8) is 0 Å². The van der Waals surface area contributed by atoms with Crippen LogP contribution in [0, 0.1) is 0 Å². The lowest BCUT2D eigenvalue weighted by molar-refractivity contribution is -0.662. The number of rotatable bonds is 6. The minimum absolute atomic E-state index is 0.691. The molecule has 7 rings (SSSR count). The zero-order chi connectivity index (χ0) is 56.3. The summed E-state index contributed by atoms with van der Waals surface area (Å²) in [7, 11) is 0. The van der Waals surface area contributed by atoms with Gasteiger partial charge < -0.3 is 0 Å². The van der Waals surface area contributed by atoms with Crippen LogP contribution in [0.15, 0.2) is 140 Å². The molecule has 0 bridgehead atoms. The lowest BCUT2D eigenvalue weighted by atomic mass is 9.12. The molecule has 1 aromatic heterocycles. The highest BCUT2D eigenvalue weighted by molar-refractivity contribution is 7.20. The first-order valence-electron chi connectivity index (χ1n) is 20.6. The molecule has 7 aromatic rings. The highest BCUT2D eigenvalue weighted by Crippen LogP contribution is 2.41. The van der Waals surface area contributed by atoms with Crippen molar-refractivity contribution >= 4 is 50.5 Å². The highest BCUT2D eigenvalue weighted by Gasteiger charge is 2.47. The largest absolute Gasteiger partial charge is 0.416 e. The van der Waals surface area contributed by atoms with Crippen molar-refractivity contribution in [2.75, 3.05) is 0 Å². The van der Waals surface area contributed by atoms with Gasteiger partial charge in [-0.1, -0.05) is 90.5 Å². The molecule has 0 fully saturated rings. The van der Waals surface area contributed by atoms with Gasteiger partial charge in [0.25, 0.3) is 0 Å². The van der Waals surface area contributed by atoms with E-state index in [9.17, 15) is 105 Å². The van der Waals surface area contributed by atoms with E-state index < -0.39 is 195 Å². The molecule has 0 spiro atoms. The summed E-state index contributed by atoms with van der Waals surface area (Å²) in [4.78, 5) is 0. The maximum Gasteiger partial charge on any atom is 0.416 e. The highest BCUT2D eigenvalue weighted by atomic mass is 35.5. The monoisotopic (exact) mass is 1120 g/mol. The Morgan fingerprint density at radius 2 is 0.600 bits per heavy atom. The summed E-state index contributed by atoms with van der Waals surface area (Å²) in [6.45, 7) is 0.860. The van der Waals surface area contributed by atoms with Gasteiger partial charge in [-0.05, 0) is 42.5 Å². The molecule has 0 aliphatic heterocycles. The predicted octanol–water partition coefficient (Wildman–Crippen LogP) is 15.0. The van der Waals surface area contributed by atoms with Gasteiger partial charge in [-0.25, -0.2) is 0 Å². The van der Waals surface area contributed by atoms with Crippen LogP contribution in [-0.4, -0.2) is 6.15 Å². The second-order valence-corrected chi connectivity index (χ2v) is 17.0. The lowest BCUT2D eigenvalue weighted by Crippen LogP contribution is -2.75. The van der Waals surface area contributed by atoms with Crippen molar-refractivity contribution in [3.8, 4) is 0 Å². The number of halogens is 25. The van der Waals surface area contributed by atoms with Crippen molar-refractivity contribution in [1.29, 1.82) is 0 Å². The zero-order valence-corrected chi connectivity index (χ0v) is 37.2. The molecule has 0 aliphatic carbocycles. The topological polar surface area (TPSA) is 3.88 Å². The average Bonchev–Trinajstić information content (AvgIpc) is 3.27. The van der Waals surface area contributed by atoms with Crippen LogP contribution in [-0.2, 0) is 56.0 Å². The van der Waals surface area contributed by atoms with Crippen LogP contribution in [0.1, 0.15) is 50.1 Å². The molecular weight excluding hydrogens is 1090 g/mol. The van der Waals surface area contributed by atoms with Crippen LogP contribution in [0.3, 0.4) is 0 Å². The summed E-state index contributed by atoms with van der Waals surface area (Å²) in [5, 5.41) is 1.98. The van der Waals surface area contributed by atoms with Gasteiger partial charge in [0.15, 0.2) is 12.7 Å². The Labute approximate surface area is 410 Å². The molecule has 27 heteroatoms. The fourth-order valence-corrected chi connectivity index (χ4v) is 8.39. The first-order chi connectivity index (χ1) is 34.1. The Morgan fingerprint density at radius 3 is 0.867 bits per heavy atom. The molecule has 0 saturated heterocycles. The fourth-order valence-electron chi connectivity index (χ4n) is 8.23. The van der Waals surface area contributed by atoms with Crippen molar-refractivity contribution in [2.24, 2.45) is 0 Å². The third-order valence-electron chi connectivity index (χ3n) is 11.5. The second kappa shape index (κ2) is 19.8. The smallest absolute Gasteiger partial charge is 0.194 e. The third-order valence-corrected chi connectivity index (χ3v) is 11.7. The van der Waals surface area contributed by atoms with Gasteiger partial charge in [-0.15, -0.1) is 0 Å². The Hall–Kier alpha value is -6.60. The Bertz CT molecular complexity index is 2760. The van der Waals surface area contributed by atoms with Gasteiger partial charge in [-0.3, -0.25) is 0 Å². The number of aromatic nitrogens is 1. The van der Waals surface area contributed by atoms with Crippen molar-refractivity contribution in [1.82, 2.24) is 0 Å². The van der Waals surface area contributed by atoms with Crippen LogP contribution < -0.4 is 26.4 Å². The molecule has 400 valence electrons. The first-order valence-corrected chi connectivity index (χ1v) is 20.9. The maximum absolute atomic E-state index is 14.2. The second-order valence-electron chi connectivity index (χ2n) is 16.5. The number of hydrogen-bond donors (Lipinski definition) is 0. The molecule has 6 aromatic carbocycles. The molecule has 0 radical (unpaired) electrons. The van der Waals surface area contributed by atoms with Crippen LogP contribution >= 0.6 is 11.6 Å². The summed E-state index contributed by atoms with van der Waals surface area (Å²) >= 11 is 6.08. The summed E-state index contributed by atoms with van der Waals surface area (Å²) in [6.07, 6.45) is -52.7. The van der Waals surface area contributed by atoms with Crippen molar-refractivity contribution in [3.05, 3.63) is 195 Å². The van der Waals surface area contributed by atoms with Gasteiger partial charge in [0.05, 0.1) is 44.5 Å². The van der Waals surface area contributed by atoms with E-state index in [0.29, 0.717) is 0 Å². The van der Waals surface area contributed by atoms with Crippen molar-refractivity contribution in [2.45, 2.75) is 56.0 Å². The summed E-state index contributed by atoms with van der Waals surface area (Å²) in [5.41, 5.74) is -27.8. The van der Waals surface area contributed by atoms with Crippen LogP contribution in [0.25, 0.3) is 10.9 Å². The van der Waals surface area contributed by atoms with E-state index in [0.717, 1.165) is 17.1 Å². The number of fused-ring (bicyclic) bond motifs is 1. The predicted molar refractivity (Wildman–Crippen MR) is 225 cm³/mol. The molecule has 0 aliphatic rings. The third kappa shape index (κ3) is 13.1. The molecule has 1 heterocycles. The zero-order valence-electron chi connectivity index (χ0n) is 36.5. The SMILES string of the molecule is Clc1ccc2ccc[n+](Cc3ccccc3)c2c1.FC(F)(F)c1cc([B-](c2cc(C(F)(F)F)cc(C(F)(F)F)c2)(c2cc(C(F)(F)F)cc(C(F)(F)F)c2)c2cc(C(F)(F)F)cc(C(F)(F)F)c2)cc(C(F)(F)F)c1. The molecule has 0 atom stereocenters. The van der Waals surface area contributed by atoms with Crippen LogP contribution in [0.5, 0.6) is 0 Å². The van der Waals surface area contributed by atoms with E-state index in [2.05, 4.69) is 53.2 Å². The molecule has 1 nitrogen and oxygen atoms in total. The summed E-state index contributed by atoms with van der Waals surface area (Å²) in [5.74, 6) is 0. The van der Waals surface area contributed by atoms with Crippen LogP contribution in [0.2, 0.25) is 5.02 Å². The first kappa shape index (κ1) is 57.7. The van der Waals surface area contributed by atoms with E-state index >= 15 is 0 Å². The number of nitrogens with zero attached hydrogens (tertiary/aromatic N) is 1. The van der Waals surface area contributed by atoms with E-state index in [-0.39, 0.29) is 0 Å². The van der Waals surface area contributed by atoms with Crippen molar-refractivity contribution < 1.29 is 110 Å². The Balaban J connectivity index is 0.000000421. The quantitative estimate of drug-likeness (QED) is 0.0888. The van der Waals surface area contributed by atoms with E-state index in [1.165, 1.54) is 10.9 Å². The van der Waals surface area contributed by atoms with Gasteiger partial charge in [0.2, 0.25) is 5.52 Å². The van der Waals surface area contributed by atoms with Gasteiger partial charge in [0.1, 0.15) is 6.15 Å². The summed E-state index contributed by atoms with van der Waals surface area (Å²) in [6, 6.07) is 11.8. The Morgan fingerprint density at radius 1 is 0.320 bits per heavy atom. The molecule has 0 N–H and O–H groups in total. The maximum atomic E-state index is 14.2. The molecule has 0 amide bonds. The van der Waals surface area contributed by atoms with Gasteiger partial charge in [0, 0.05) is 28.1 Å². The minimum Gasteiger partial charge on any atom is -0.194 e. The molecule has 0 saturated carbocycles. The lowest BCUT2D eigenvalue weighted by Gasteiger charge is -2.46. The van der Waals surface area contributed by atoms with E-state index in [1.807, 2.05) is 18.2 Å². The normalized spacial score (nSPS) is 13.5. The van der Waals surface area contributed by atoms with E-state index in [4.69, 9.17) is 11.6 Å². The average molecular weight is 1120 g/mol. The molecule has 75 heavy (non-hydrogen) atoms. The molecule has 0 unspecified atom stereocenters. The standard InChI is InChI=1S/C32H12BF24.C16H13ClN/c34-25(35,36)13-1-14(26(37,38)39)6-21(5-13)33(22-7-15(27(40,41)42)2-16(8-22)28(43,44)45,23-9-17(29(46,47)48)3-18(10-23)30(49,50)51)24-11-19(31(52,53)54)4-20(12-24)32(55,56)57;17-15-9-8-14-7-4-10-18(16(14)11-15)12-13-5-2-1-3-6-13/h1-12H;1-11H,12H2/q-1;+1. The van der Waals surface area contributed by atoms with Gasteiger partial charge in [-0.2, -0.15) is 132 Å². The molecular formula is C48H25BClF24N. The van der Waals surface area contributed by atoms with Gasteiger partial charge >= 0.3 is 49.4 Å². The minimum atomic E-state index is -6.13. The summed E-state index contributed by atoms with van der Waals surface area (Å²) < 4.78 is 343. The number of pyridine rings is 1. The fraction of sp³-hybridized carbons (Fsp3) is 0.188. The number of benzene rings is 6. The van der Waals surface area contributed by atoms with E-state index in [1.54, 1.807) is 0 Å².